The topological polar surface area (TPSA) is 79.7 Å². The third-order valence-electron chi connectivity index (χ3n) is 5.24. The van der Waals surface area contributed by atoms with Crippen molar-refractivity contribution in [2.45, 2.75) is 19.5 Å². The normalized spacial score (nSPS) is 17.6. The maximum atomic E-state index is 13.1. The van der Waals surface area contributed by atoms with Gasteiger partial charge in [-0.15, -0.1) is 0 Å². The smallest absolute Gasteiger partial charge is 0.295 e. The minimum absolute atomic E-state index is 0.0605. The van der Waals surface area contributed by atoms with E-state index in [1.165, 1.54) is 4.90 Å². The monoisotopic (exact) mass is 492 g/mol. The number of halogens is 1. The number of carbonyl (C=O) groups excluding carboxylic acids is 2. The van der Waals surface area contributed by atoms with Crippen molar-refractivity contribution >= 4 is 33.4 Å². The number of benzene rings is 2. The molecule has 0 spiro atoms. The predicted octanol–water partition coefficient (Wildman–Crippen LogP) is 4.86. The van der Waals surface area contributed by atoms with E-state index in [0.717, 1.165) is 10.0 Å². The van der Waals surface area contributed by atoms with Gasteiger partial charge in [0.15, 0.2) is 0 Å². The van der Waals surface area contributed by atoms with Crippen LogP contribution in [0.2, 0.25) is 0 Å². The first-order valence-electron chi connectivity index (χ1n) is 10.2. The second-order valence-electron chi connectivity index (χ2n) is 7.30. The van der Waals surface area contributed by atoms with E-state index in [-0.39, 0.29) is 17.9 Å². The molecule has 1 atom stereocenters. The Hall–Kier alpha value is -3.45. The third kappa shape index (κ3) is 4.29. The fourth-order valence-electron chi connectivity index (χ4n) is 3.75. The SMILES string of the molecule is CCOc1ccc([C@@H]2/C(=C(\O)c3ccc(Br)cc3)C(=O)C(=O)N2Cc2cccnc2)cc1. The van der Waals surface area contributed by atoms with E-state index in [9.17, 15) is 14.7 Å². The number of hydrogen-bond acceptors (Lipinski definition) is 5. The van der Waals surface area contributed by atoms with E-state index in [0.29, 0.717) is 23.5 Å². The van der Waals surface area contributed by atoms with Crippen LogP contribution in [0.3, 0.4) is 0 Å². The molecule has 32 heavy (non-hydrogen) atoms. The van der Waals surface area contributed by atoms with Crippen LogP contribution < -0.4 is 4.74 Å². The van der Waals surface area contributed by atoms with Gasteiger partial charge in [0.25, 0.3) is 11.7 Å². The Labute approximate surface area is 194 Å². The number of aromatic nitrogens is 1. The summed E-state index contributed by atoms with van der Waals surface area (Å²) in [5, 5.41) is 11.1. The van der Waals surface area contributed by atoms with Crippen LogP contribution in [0.25, 0.3) is 5.76 Å². The molecule has 0 radical (unpaired) electrons. The van der Waals surface area contributed by atoms with Crippen molar-refractivity contribution in [3.8, 4) is 5.75 Å². The minimum atomic E-state index is -0.741. The number of likely N-dealkylation sites (tertiary alicyclic amines) is 1. The summed E-state index contributed by atoms with van der Waals surface area (Å²) in [5.41, 5.74) is 2.01. The van der Waals surface area contributed by atoms with E-state index in [1.54, 1.807) is 54.9 Å². The van der Waals surface area contributed by atoms with E-state index >= 15 is 0 Å². The summed E-state index contributed by atoms with van der Waals surface area (Å²) in [4.78, 5) is 31.7. The van der Waals surface area contributed by atoms with Crippen molar-refractivity contribution in [2.75, 3.05) is 6.61 Å². The van der Waals surface area contributed by atoms with Gasteiger partial charge in [-0.25, -0.2) is 0 Å². The van der Waals surface area contributed by atoms with Crippen LogP contribution in [0.15, 0.2) is 83.1 Å². The first-order chi connectivity index (χ1) is 15.5. The summed E-state index contributed by atoms with van der Waals surface area (Å²) in [6.07, 6.45) is 3.30. The summed E-state index contributed by atoms with van der Waals surface area (Å²) in [6.45, 7) is 2.62. The molecule has 1 aliphatic heterocycles. The molecular weight excluding hydrogens is 472 g/mol. The van der Waals surface area contributed by atoms with Gasteiger partial charge in [0, 0.05) is 29.0 Å². The number of carbonyl (C=O) groups is 2. The number of rotatable bonds is 6. The highest BCUT2D eigenvalue weighted by Crippen LogP contribution is 2.40. The lowest BCUT2D eigenvalue weighted by Crippen LogP contribution is -2.29. The molecule has 0 bridgehead atoms. The Morgan fingerprint density at radius 1 is 1.09 bits per heavy atom. The Balaban J connectivity index is 1.83. The molecule has 2 aromatic carbocycles. The van der Waals surface area contributed by atoms with Crippen LogP contribution in [-0.2, 0) is 16.1 Å². The molecule has 162 valence electrons. The van der Waals surface area contributed by atoms with Gasteiger partial charge in [0.2, 0.25) is 0 Å². The molecule has 1 aromatic heterocycles. The van der Waals surface area contributed by atoms with Gasteiger partial charge < -0.3 is 14.7 Å². The number of nitrogens with zero attached hydrogens (tertiary/aromatic N) is 2. The van der Waals surface area contributed by atoms with Crippen molar-refractivity contribution in [1.29, 1.82) is 0 Å². The predicted molar refractivity (Wildman–Crippen MR) is 124 cm³/mol. The highest BCUT2D eigenvalue weighted by atomic mass is 79.9. The van der Waals surface area contributed by atoms with E-state index < -0.39 is 17.7 Å². The number of amides is 1. The van der Waals surface area contributed by atoms with Gasteiger partial charge >= 0.3 is 0 Å². The van der Waals surface area contributed by atoms with Gasteiger partial charge in [-0.2, -0.15) is 0 Å². The lowest BCUT2D eigenvalue weighted by Gasteiger charge is -2.25. The Kier molecular flexibility index (Phi) is 6.37. The molecule has 2 heterocycles. The lowest BCUT2D eigenvalue weighted by atomic mass is 9.95. The van der Waals surface area contributed by atoms with E-state index in [4.69, 9.17) is 4.74 Å². The van der Waals surface area contributed by atoms with E-state index in [2.05, 4.69) is 20.9 Å². The molecule has 1 N–H and O–H groups in total. The molecule has 0 saturated carbocycles. The minimum Gasteiger partial charge on any atom is -0.507 e. The fourth-order valence-corrected chi connectivity index (χ4v) is 4.02. The Bertz CT molecular complexity index is 1160. The van der Waals surface area contributed by atoms with Crippen molar-refractivity contribution in [1.82, 2.24) is 9.88 Å². The summed E-state index contributed by atoms with van der Waals surface area (Å²) in [7, 11) is 0. The molecule has 7 heteroatoms. The van der Waals surface area contributed by atoms with Gasteiger partial charge in [0.1, 0.15) is 11.5 Å². The van der Waals surface area contributed by atoms with Crippen molar-refractivity contribution in [3.05, 3.63) is 99.8 Å². The van der Waals surface area contributed by atoms with Crippen LogP contribution in [0.4, 0.5) is 0 Å². The molecular formula is C25H21BrN2O4. The number of pyridine rings is 1. The fraction of sp³-hybridized carbons (Fsp3) is 0.160. The Morgan fingerprint density at radius 3 is 2.44 bits per heavy atom. The highest BCUT2D eigenvalue weighted by molar-refractivity contribution is 9.10. The first kappa shape index (κ1) is 21.8. The van der Waals surface area contributed by atoms with Crippen LogP contribution >= 0.6 is 15.9 Å². The second-order valence-corrected chi connectivity index (χ2v) is 8.21. The molecule has 1 aliphatic rings. The molecule has 0 unspecified atom stereocenters. The van der Waals surface area contributed by atoms with Crippen molar-refractivity contribution < 1.29 is 19.4 Å². The Morgan fingerprint density at radius 2 is 1.81 bits per heavy atom. The summed E-state index contributed by atoms with van der Waals surface area (Å²) < 4.78 is 6.36. The average Bonchev–Trinajstić information content (AvgIpc) is 3.05. The van der Waals surface area contributed by atoms with Crippen LogP contribution in [0.1, 0.15) is 29.7 Å². The summed E-state index contributed by atoms with van der Waals surface area (Å²) in [5.74, 6) is -0.892. The number of ether oxygens (including phenoxy) is 1. The molecule has 6 nitrogen and oxygen atoms in total. The van der Waals surface area contributed by atoms with Gasteiger partial charge in [-0.05, 0) is 48.4 Å². The molecule has 1 saturated heterocycles. The quantitative estimate of drug-likeness (QED) is 0.301. The molecule has 1 fully saturated rings. The maximum absolute atomic E-state index is 13.1. The highest BCUT2D eigenvalue weighted by Gasteiger charge is 2.46. The van der Waals surface area contributed by atoms with Crippen molar-refractivity contribution in [3.63, 3.8) is 0 Å². The molecule has 1 amide bonds. The van der Waals surface area contributed by atoms with Crippen LogP contribution in [-0.4, -0.2) is 33.3 Å². The molecule has 4 rings (SSSR count). The molecule has 3 aromatic rings. The largest absolute Gasteiger partial charge is 0.507 e. The first-order valence-corrected chi connectivity index (χ1v) is 10.9. The number of hydrogen-bond donors (Lipinski definition) is 1. The number of ketones is 1. The standard InChI is InChI=1S/C25H21BrN2O4/c1-2-32-20-11-7-17(8-12-20)22-21(23(29)18-5-9-19(26)10-6-18)24(30)25(31)28(22)15-16-4-3-13-27-14-16/h3-14,22,29H,2,15H2,1H3/b23-21+/t22-/m1/s1. The van der Waals surface area contributed by atoms with Crippen LogP contribution in [0.5, 0.6) is 5.75 Å². The second kappa shape index (κ2) is 9.36. The zero-order valence-electron chi connectivity index (χ0n) is 17.4. The lowest BCUT2D eigenvalue weighted by molar-refractivity contribution is -0.140. The van der Waals surface area contributed by atoms with Gasteiger partial charge in [0.05, 0.1) is 18.2 Å². The molecule has 0 aliphatic carbocycles. The summed E-state index contributed by atoms with van der Waals surface area (Å²) in [6, 6.07) is 17.0. The number of Topliss-reactive ketones (excluding diaryl/α,β-unsaturated/α-hetero) is 1. The zero-order chi connectivity index (χ0) is 22.7. The number of aliphatic hydroxyl groups excluding tert-OH is 1. The summed E-state index contributed by atoms with van der Waals surface area (Å²) >= 11 is 3.37. The van der Waals surface area contributed by atoms with Gasteiger partial charge in [-0.3, -0.25) is 14.6 Å². The number of aliphatic hydroxyl groups is 1. The third-order valence-corrected chi connectivity index (χ3v) is 5.77. The average molecular weight is 493 g/mol. The van der Waals surface area contributed by atoms with Crippen LogP contribution in [0, 0.1) is 0 Å². The van der Waals surface area contributed by atoms with Crippen molar-refractivity contribution in [2.24, 2.45) is 0 Å². The van der Waals surface area contributed by atoms with Gasteiger partial charge in [-0.1, -0.05) is 46.3 Å². The maximum Gasteiger partial charge on any atom is 0.295 e. The van der Waals surface area contributed by atoms with E-state index in [1.807, 2.05) is 25.1 Å². The zero-order valence-corrected chi connectivity index (χ0v) is 19.0.